The van der Waals surface area contributed by atoms with E-state index in [1.807, 2.05) is 28.9 Å². The normalized spacial score (nSPS) is 16.7. The van der Waals surface area contributed by atoms with E-state index in [-0.39, 0.29) is 5.91 Å². The van der Waals surface area contributed by atoms with Crippen molar-refractivity contribution < 1.29 is 9.48 Å². The molecule has 4 rings (SSSR count). The van der Waals surface area contributed by atoms with E-state index in [2.05, 4.69) is 68.0 Å². The van der Waals surface area contributed by atoms with Gasteiger partial charge in [-0.25, -0.2) is 0 Å². The molecule has 0 radical (unpaired) electrons. The molecule has 3 nitrogen and oxygen atoms in total. The van der Waals surface area contributed by atoms with Gasteiger partial charge in [0.25, 0.3) is 11.6 Å². The Morgan fingerprint density at radius 2 is 1.64 bits per heavy atom. The molecule has 0 aliphatic heterocycles. The molecule has 1 unspecified atom stereocenters. The number of amides is 1. The van der Waals surface area contributed by atoms with Crippen molar-refractivity contribution in [3.05, 3.63) is 108 Å². The average molecular weight is 367 g/mol. The number of hydrazone groups is 1. The number of fused-ring (bicyclic) bond motifs is 3. The van der Waals surface area contributed by atoms with E-state index in [1.165, 1.54) is 6.08 Å². The fourth-order valence-electron chi connectivity index (χ4n) is 3.81. The van der Waals surface area contributed by atoms with E-state index in [9.17, 15) is 4.79 Å². The predicted octanol–water partition coefficient (Wildman–Crippen LogP) is 4.77. The Hall–Kier alpha value is -3.46. The summed E-state index contributed by atoms with van der Waals surface area (Å²) in [6, 6.07) is 16.5. The van der Waals surface area contributed by atoms with Crippen molar-refractivity contribution in [3.63, 3.8) is 0 Å². The fourth-order valence-corrected chi connectivity index (χ4v) is 3.81. The van der Waals surface area contributed by atoms with Crippen LogP contribution in [0.5, 0.6) is 0 Å². The molecule has 0 aromatic heterocycles. The molecule has 2 aliphatic rings. The second kappa shape index (κ2) is 7.28. The Balaban J connectivity index is 1.97. The van der Waals surface area contributed by atoms with Gasteiger partial charge >= 0.3 is 0 Å². The lowest BCUT2D eigenvalue weighted by atomic mass is 9.96. The lowest BCUT2D eigenvalue weighted by Crippen LogP contribution is -2.38. The highest BCUT2D eigenvalue weighted by Crippen LogP contribution is 2.37. The van der Waals surface area contributed by atoms with Crippen LogP contribution in [0.25, 0.3) is 11.1 Å². The van der Waals surface area contributed by atoms with Crippen LogP contribution in [0, 0.1) is 5.92 Å². The topological polar surface area (TPSA) is 32.1 Å². The van der Waals surface area contributed by atoms with E-state index < -0.39 is 0 Å². The molecule has 2 aromatic rings. The maximum absolute atomic E-state index is 12.3. The quantitative estimate of drug-likeness (QED) is 0.402. The number of rotatable bonds is 4. The molecular formula is C25H23N2O+. The first-order chi connectivity index (χ1) is 13.6. The summed E-state index contributed by atoms with van der Waals surface area (Å²) < 4.78 is 1.81. The lowest BCUT2D eigenvalue weighted by molar-refractivity contribution is -0.521. The fraction of sp³-hybridized carbons (Fsp3) is 0.120. The first-order valence-corrected chi connectivity index (χ1v) is 9.47. The molecule has 0 heterocycles. The summed E-state index contributed by atoms with van der Waals surface area (Å²) in [5.41, 5.74) is 10.1. The molecule has 3 heteroatoms. The number of carbonyl (C=O) groups excluding carboxylic acids is 1. The van der Waals surface area contributed by atoms with Gasteiger partial charge in [0.05, 0.1) is 11.1 Å². The number of allylic oxidation sites excluding steroid dienone is 3. The molecule has 2 aliphatic carbocycles. The summed E-state index contributed by atoms with van der Waals surface area (Å²) in [5.74, 6) is 0.158. The van der Waals surface area contributed by atoms with Gasteiger partial charge in [-0.05, 0) is 42.2 Å². The molecule has 138 valence electrons. The zero-order valence-corrected chi connectivity index (χ0v) is 16.0. The van der Waals surface area contributed by atoms with Crippen LogP contribution in [0.2, 0.25) is 0 Å². The van der Waals surface area contributed by atoms with Crippen LogP contribution in [0.3, 0.4) is 0 Å². The van der Waals surface area contributed by atoms with Gasteiger partial charge in [-0.2, -0.15) is 0 Å². The van der Waals surface area contributed by atoms with E-state index in [0.717, 1.165) is 45.7 Å². The highest BCUT2D eigenvalue weighted by molar-refractivity contribution is 6.22. The number of nitrogens with zero attached hydrogens (tertiary/aromatic N) is 1. The third-order valence-electron chi connectivity index (χ3n) is 5.16. The molecule has 0 bridgehead atoms. The smallest absolute Gasteiger partial charge is 0.264 e. The number of carbonyl (C=O) groups is 1. The lowest BCUT2D eigenvalue weighted by Gasteiger charge is -2.14. The summed E-state index contributed by atoms with van der Waals surface area (Å²) in [4.78, 5) is 12.3. The van der Waals surface area contributed by atoms with E-state index in [1.54, 1.807) is 0 Å². The molecule has 2 aromatic carbocycles. The number of benzene rings is 2. The van der Waals surface area contributed by atoms with Crippen molar-refractivity contribution in [3.8, 4) is 11.1 Å². The molecule has 28 heavy (non-hydrogen) atoms. The summed E-state index contributed by atoms with van der Waals surface area (Å²) in [6.45, 7) is 10.1. The third-order valence-corrected chi connectivity index (χ3v) is 5.16. The van der Waals surface area contributed by atoms with Gasteiger partial charge in [-0.3, -0.25) is 4.79 Å². The van der Waals surface area contributed by atoms with Crippen LogP contribution >= 0.6 is 0 Å². The van der Waals surface area contributed by atoms with Crippen molar-refractivity contribution >= 4 is 11.6 Å². The monoisotopic (exact) mass is 367 g/mol. The molecule has 0 saturated carbocycles. The number of hydrazine groups is 1. The molecule has 1 N–H and O–H groups in total. The zero-order valence-electron chi connectivity index (χ0n) is 16.0. The van der Waals surface area contributed by atoms with Gasteiger partial charge in [-0.1, -0.05) is 72.8 Å². The Labute approximate surface area is 165 Å². The molecule has 1 amide bonds. The minimum atomic E-state index is -0.274. The maximum atomic E-state index is 12.3. The minimum Gasteiger partial charge on any atom is -0.264 e. The second-order valence-corrected chi connectivity index (χ2v) is 7.14. The molecule has 0 fully saturated rings. The van der Waals surface area contributed by atoms with E-state index in [0.29, 0.717) is 5.92 Å². The van der Waals surface area contributed by atoms with E-state index in [4.69, 9.17) is 0 Å². The van der Waals surface area contributed by atoms with Gasteiger partial charge in [0.15, 0.2) is 0 Å². The zero-order chi connectivity index (χ0) is 19.7. The van der Waals surface area contributed by atoms with Crippen LogP contribution in [0.15, 0.2) is 97.3 Å². The minimum absolute atomic E-state index is 0.274. The Morgan fingerprint density at radius 1 is 1.07 bits per heavy atom. The van der Waals surface area contributed by atoms with Crippen molar-refractivity contribution in [2.24, 2.45) is 5.92 Å². The number of hydrogen-bond donors (Lipinski definition) is 1. The van der Waals surface area contributed by atoms with Crippen molar-refractivity contribution in [2.45, 2.75) is 13.3 Å². The predicted molar refractivity (Wildman–Crippen MR) is 114 cm³/mol. The number of nitrogens with one attached hydrogen (secondary N) is 1. The first kappa shape index (κ1) is 17.9. The van der Waals surface area contributed by atoms with Crippen LogP contribution in [-0.2, 0) is 4.79 Å². The molecular weight excluding hydrogens is 344 g/mol. The Morgan fingerprint density at radius 3 is 2.18 bits per heavy atom. The SMILES string of the molecule is C=CC(=O)N[N+](C(=C)C1=CC(C)CC=C1)=C1c2ccccc2-c2ccccc21. The standard InChI is InChI=1S/C25H22N2O/c1-4-24(28)26-27(18(3)19-11-9-10-17(2)16-19)25-22-14-7-5-12-20(22)21-13-6-8-15-23(21)25/h4-9,11-17H,1,3,10H2,2H3/p+1. The van der Waals surface area contributed by atoms with Crippen molar-refractivity contribution in [1.82, 2.24) is 5.43 Å². The summed E-state index contributed by atoms with van der Waals surface area (Å²) >= 11 is 0. The highest BCUT2D eigenvalue weighted by atomic mass is 16.2. The molecule has 0 spiro atoms. The Kier molecular flexibility index (Phi) is 4.66. The van der Waals surface area contributed by atoms with Crippen LogP contribution < -0.4 is 5.43 Å². The molecule has 1 atom stereocenters. The van der Waals surface area contributed by atoms with Gasteiger partial charge in [0, 0.05) is 11.6 Å². The third kappa shape index (κ3) is 3.05. The molecule has 0 saturated heterocycles. The van der Waals surface area contributed by atoms with Crippen LogP contribution in [0.1, 0.15) is 24.5 Å². The summed E-state index contributed by atoms with van der Waals surface area (Å²) in [6.07, 6.45) is 8.71. The second-order valence-electron chi connectivity index (χ2n) is 7.14. The average Bonchev–Trinajstić information content (AvgIpc) is 3.06. The van der Waals surface area contributed by atoms with Gasteiger partial charge in [-0.15, -0.1) is 5.43 Å². The van der Waals surface area contributed by atoms with E-state index >= 15 is 0 Å². The first-order valence-electron chi connectivity index (χ1n) is 9.47. The Bertz CT molecular complexity index is 1040. The van der Waals surface area contributed by atoms with Crippen molar-refractivity contribution in [1.29, 1.82) is 0 Å². The van der Waals surface area contributed by atoms with Crippen LogP contribution in [-0.4, -0.2) is 16.3 Å². The number of hydrogen-bond acceptors (Lipinski definition) is 1. The largest absolute Gasteiger partial charge is 0.297 e. The summed E-state index contributed by atoms with van der Waals surface area (Å²) in [5, 5.41) is 0. The highest BCUT2D eigenvalue weighted by Gasteiger charge is 2.35. The van der Waals surface area contributed by atoms with Crippen molar-refractivity contribution in [2.75, 3.05) is 0 Å². The van der Waals surface area contributed by atoms with Gasteiger partial charge in [0.2, 0.25) is 5.70 Å². The maximum Gasteiger partial charge on any atom is 0.297 e. The van der Waals surface area contributed by atoms with Gasteiger partial charge < -0.3 is 0 Å². The summed E-state index contributed by atoms with van der Waals surface area (Å²) in [7, 11) is 0. The van der Waals surface area contributed by atoms with Crippen LogP contribution in [0.4, 0.5) is 0 Å². The van der Waals surface area contributed by atoms with Gasteiger partial charge in [0.1, 0.15) is 0 Å².